The van der Waals surface area contributed by atoms with Crippen LogP contribution in [0.25, 0.3) is 0 Å². The molecule has 1 aromatic carbocycles. The van der Waals surface area contributed by atoms with Crippen LogP contribution in [0.1, 0.15) is 23.1 Å². The van der Waals surface area contributed by atoms with Crippen LogP contribution >= 0.6 is 0 Å². The summed E-state index contributed by atoms with van der Waals surface area (Å²) < 4.78 is 0. The van der Waals surface area contributed by atoms with E-state index in [0.29, 0.717) is 0 Å². The molecule has 0 aromatic heterocycles. The standard InChI is InChI=1S/C11H10/c1-2-9-6-7-10-4-3-5-11(10)8-9/h1,6-8H,3-5H2. The highest BCUT2D eigenvalue weighted by Gasteiger charge is 2.09. The molecule has 0 nitrogen and oxygen atoms in total. The quantitative estimate of drug-likeness (QED) is 0.487. The number of hydrogen-bond donors (Lipinski definition) is 0. The molecular weight excluding hydrogens is 132 g/mol. The first-order valence-electron chi connectivity index (χ1n) is 3.98. The van der Waals surface area contributed by atoms with Crippen molar-refractivity contribution in [2.75, 3.05) is 0 Å². The van der Waals surface area contributed by atoms with Crippen LogP contribution in [0.2, 0.25) is 0 Å². The fraction of sp³-hybridized carbons (Fsp3) is 0.273. The zero-order valence-electron chi connectivity index (χ0n) is 6.43. The van der Waals surface area contributed by atoms with E-state index in [1.807, 2.05) is 6.07 Å². The monoisotopic (exact) mass is 142 g/mol. The van der Waals surface area contributed by atoms with Gasteiger partial charge in [-0.3, -0.25) is 0 Å². The summed E-state index contributed by atoms with van der Waals surface area (Å²) >= 11 is 0. The van der Waals surface area contributed by atoms with Gasteiger partial charge in [0.15, 0.2) is 0 Å². The average Bonchev–Trinajstić information content (AvgIpc) is 2.50. The Balaban J connectivity index is 2.51. The normalized spacial score (nSPS) is 14.1. The van der Waals surface area contributed by atoms with Crippen LogP contribution in [0, 0.1) is 12.3 Å². The van der Waals surface area contributed by atoms with Crippen LogP contribution in [0.3, 0.4) is 0 Å². The maximum Gasteiger partial charge on any atom is 0.0245 e. The minimum Gasteiger partial charge on any atom is -0.115 e. The van der Waals surface area contributed by atoms with Crippen molar-refractivity contribution < 1.29 is 0 Å². The topological polar surface area (TPSA) is 0 Å². The van der Waals surface area contributed by atoms with E-state index in [1.54, 1.807) is 0 Å². The fourth-order valence-electron chi connectivity index (χ4n) is 1.66. The fourth-order valence-corrected chi connectivity index (χ4v) is 1.66. The van der Waals surface area contributed by atoms with E-state index in [2.05, 4.69) is 18.1 Å². The SMILES string of the molecule is C#Cc1ccc2c(c1)CCC2. The Morgan fingerprint density at radius 3 is 2.82 bits per heavy atom. The number of aryl methyl sites for hydroxylation is 2. The minimum absolute atomic E-state index is 1.02. The van der Waals surface area contributed by atoms with Crippen LogP contribution < -0.4 is 0 Å². The third kappa shape index (κ3) is 1.03. The number of fused-ring (bicyclic) bond motifs is 1. The summed E-state index contributed by atoms with van der Waals surface area (Å²) in [7, 11) is 0. The molecule has 0 spiro atoms. The van der Waals surface area contributed by atoms with Gasteiger partial charge < -0.3 is 0 Å². The molecule has 11 heavy (non-hydrogen) atoms. The van der Waals surface area contributed by atoms with Crippen molar-refractivity contribution >= 4 is 0 Å². The van der Waals surface area contributed by atoms with E-state index in [4.69, 9.17) is 6.42 Å². The Hall–Kier alpha value is -1.22. The lowest BCUT2D eigenvalue weighted by Crippen LogP contribution is -1.82. The number of benzene rings is 1. The van der Waals surface area contributed by atoms with Crippen molar-refractivity contribution in [2.24, 2.45) is 0 Å². The maximum absolute atomic E-state index is 5.29. The summed E-state index contributed by atoms with van der Waals surface area (Å²) in [6, 6.07) is 6.34. The molecule has 1 aliphatic carbocycles. The molecule has 54 valence electrons. The van der Waals surface area contributed by atoms with Gasteiger partial charge in [-0.05, 0) is 42.5 Å². The molecule has 0 aliphatic heterocycles. The molecule has 1 aliphatic rings. The third-order valence-electron chi connectivity index (χ3n) is 2.27. The van der Waals surface area contributed by atoms with Crippen LogP contribution in [0.4, 0.5) is 0 Å². The molecule has 2 rings (SSSR count). The van der Waals surface area contributed by atoms with Gasteiger partial charge in [0.25, 0.3) is 0 Å². The molecule has 0 N–H and O–H groups in total. The molecule has 0 unspecified atom stereocenters. The number of terminal acetylenes is 1. The van der Waals surface area contributed by atoms with Crippen molar-refractivity contribution in [3.63, 3.8) is 0 Å². The maximum atomic E-state index is 5.29. The predicted octanol–water partition coefficient (Wildman–Crippen LogP) is 2.16. The van der Waals surface area contributed by atoms with Crippen LogP contribution in [0.5, 0.6) is 0 Å². The van der Waals surface area contributed by atoms with Gasteiger partial charge in [-0.15, -0.1) is 6.42 Å². The Kier molecular flexibility index (Phi) is 1.43. The second kappa shape index (κ2) is 2.43. The van der Waals surface area contributed by atoms with Gasteiger partial charge in [-0.25, -0.2) is 0 Å². The highest BCUT2D eigenvalue weighted by molar-refractivity contribution is 5.41. The first-order valence-corrected chi connectivity index (χ1v) is 3.98. The molecule has 0 amide bonds. The first kappa shape index (κ1) is 6.49. The van der Waals surface area contributed by atoms with E-state index < -0.39 is 0 Å². The molecule has 0 radical (unpaired) electrons. The van der Waals surface area contributed by atoms with Gasteiger partial charge >= 0.3 is 0 Å². The van der Waals surface area contributed by atoms with E-state index in [-0.39, 0.29) is 0 Å². The van der Waals surface area contributed by atoms with Crippen LogP contribution in [0.15, 0.2) is 18.2 Å². The smallest absolute Gasteiger partial charge is 0.0245 e. The third-order valence-corrected chi connectivity index (χ3v) is 2.27. The van der Waals surface area contributed by atoms with Crippen molar-refractivity contribution in [3.05, 3.63) is 34.9 Å². The highest BCUT2D eigenvalue weighted by atomic mass is 14.1. The molecule has 0 saturated heterocycles. The minimum atomic E-state index is 1.02. The summed E-state index contributed by atoms with van der Waals surface area (Å²) in [5.41, 5.74) is 3.97. The highest BCUT2D eigenvalue weighted by Crippen LogP contribution is 2.22. The van der Waals surface area contributed by atoms with Crippen molar-refractivity contribution in [3.8, 4) is 12.3 Å². The second-order valence-corrected chi connectivity index (χ2v) is 2.98. The molecule has 0 atom stereocenters. The average molecular weight is 142 g/mol. The zero-order valence-corrected chi connectivity index (χ0v) is 6.43. The predicted molar refractivity (Wildman–Crippen MR) is 46.4 cm³/mol. The molecule has 0 saturated carbocycles. The molecule has 0 fully saturated rings. The van der Waals surface area contributed by atoms with E-state index in [0.717, 1.165) is 5.56 Å². The lowest BCUT2D eigenvalue weighted by atomic mass is 10.1. The molecule has 0 heterocycles. The van der Waals surface area contributed by atoms with Gasteiger partial charge in [-0.2, -0.15) is 0 Å². The van der Waals surface area contributed by atoms with Crippen LogP contribution in [-0.2, 0) is 12.8 Å². The number of hydrogen-bond acceptors (Lipinski definition) is 0. The van der Waals surface area contributed by atoms with Crippen LogP contribution in [-0.4, -0.2) is 0 Å². The largest absolute Gasteiger partial charge is 0.115 e. The van der Waals surface area contributed by atoms with E-state index in [1.165, 1.54) is 30.4 Å². The summed E-state index contributed by atoms with van der Waals surface area (Å²) in [5.74, 6) is 2.66. The van der Waals surface area contributed by atoms with Gasteiger partial charge in [-0.1, -0.05) is 12.0 Å². The zero-order chi connectivity index (χ0) is 7.68. The Labute approximate surface area is 67.2 Å². The van der Waals surface area contributed by atoms with E-state index in [9.17, 15) is 0 Å². The second-order valence-electron chi connectivity index (χ2n) is 2.98. The van der Waals surface area contributed by atoms with Gasteiger partial charge in [0, 0.05) is 5.56 Å². The molecular formula is C11H10. The summed E-state index contributed by atoms with van der Waals surface area (Å²) in [4.78, 5) is 0. The molecule has 0 heteroatoms. The summed E-state index contributed by atoms with van der Waals surface area (Å²) in [6.07, 6.45) is 9.04. The summed E-state index contributed by atoms with van der Waals surface area (Å²) in [5, 5.41) is 0. The number of rotatable bonds is 0. The van der Waals surface area contributed by atoms with Crippen molar-refractivity contribution in [2.45, 2.75) is 19.3 Å². The summed E-state index contributed by atoms with van der Waals surface area (Å²) in [6.45, 7) is 0. The molecule has 1 aromatic rings. The Bertz CT molecular complexity index is 315. The lowest BCUT2D eigenvalue weighted by molar-refractivity contribution is 0.912. The van der Waals surface area contributed by atoms with Gasteiger partial charge in [0.05, 0.1) is 0 Å². The Morgan fingerprint density at radius 1 is 1.18 bits per heavy atom. The Morgan fingerprint density at radius 2 is 2.00 bits per heavy atom. The first-order chi connectivity index (χ1) is 5.40. The van der Waals surface area contributed by atoms with Crippen molar-refractivity contribution in [1.29, 1.82) is 0 Å². The van der Waals surface area contributed by atoms with E-state index >= 15 is 0 Å². The van der Waals surface area contributed by atoms with Gasteiger partial charge in [0.1, 0.15) is 0 Å². The lowest BCUT2D eigenvalue weighted by Gasteiger charge is -1.97. The molecule has 0 bridgehead atoms. The van der Waals surface area contributed by atoms with Crippen molar-refractivity contribution in [1.82, 2.24) is 0 Å². The van der Waals surface area contributed by atoms with Gasteiger partial charge in [0.2, 0.25) is 0 Å².